The largest absolute Gasteiger partial charge is 0.309 e. The molecule has 0 atom stereocenters. The summed E-state index contributed by atoms with van der Waals surface area (Å²) in [4.78, 5) is 4.13. The number of hydrogen-bond acceptors (Lipinski definition) is 2. The molecule has 0 radical (unpaired) electrons. The first-order valence-electron chi connectivity index (χ1n) is 6.11. The van der Waals surface area contributed by atoms with Crippen LogP contribution in [0.1, 0.15) is 16.7 Å². The summed E-state index contributed by atoms with van der Waals surface area (Å²) in [5.74, 6) is 0. The average molecular weight is 224 g/mol. The zero-order chi connectivity index (χ0) is 11.5. The first-order valence-corrected chi connectivity index (χ1v) is 6.11. The van der Waals surface area contributed by atoms with Gasteiger partial charge in [-0.3, -0.25) is 4.98 Å². The van der Waals surface area contributed by atoms with Crippen LogP contribution in [0, 0.1) is 0 Å². The van der Waals surface area contributed by atoms with Gasteiger partial charge in [0.1, 0.15) is 0 Å². The summed E-state index contributed by atoms with van der Waals surface area (Å²) in [5, 5.41) is 3.60. The SMILES string of the molecule is c1cncc(CNC2Cc3ccccc3C2)c1. The van der Waals surface area contributed by atoms with Crippen molar-refractivity contribution in [1.82, 2.24) is 10.3 Å². The monoisotopic (exact) mass is 224 g/mol. The molecule has 17 heavy (non-hydrogen) atoms. The van der Waals surface area contributed by atoms with Crippen LogP contribution in [0.25, 0.3) is 0 Å². The zero-order valence-electron chi connectivity index (χ0n) is 9.76. The zero-order valence-corrected chi connectivity index (χ0v) is 9.76. The number of benzene rings is 1. The van der Waals surface area contributed by atoms with E-state index in [0.717, 1.165) is 19.4 Å². The molecule has 86 valence electrons. The Hall–Kier alpha value is -1.67. The Morgan fingerprint density at radius 1 is 1.06 bits per heavy atom. The molecule has 0 spiro atoms. The fourth-order valence-electron chi connectivity index (χ4n) is 2.47. The molecule has 1 aromatic carbocycles. The van der Waals surface area contributed by atoms with Gasteiger partial charge in [0.05, 0.1) is 0 Å². The van der Waals surface area contributed by atoms with Crippen molar-refractivity contribution in [2.24, 2.45) is 0 Å². The fraction of sp³-hybridized carbons (Fsp3) is 0.267. The highest BCUT2D eigenvalue weighted by atomic mass is 14.9. The third-order valence-electron chi connectivity index (χ3n) is 3.37. The molecule has 0 saturated heterocycles. The predicted octanol–water partition coefficient (Wildman–Crippen LogP) is 2.34. The molecule has 0 fully saturated rings. The van der Waals surface area contributed by atoms with E-state index < -0.39 is 0 Å². The molecule has 2 heteroatoms. The maximum Gasteiger partial charge on any atom is 0.0312 e. The number of rotatable bonds is 3. The third-order valence-corrected chi connectivity index (χ3v) is 3.37. The number of aromatic nitrogens is 1. The molecule has 1 aliphatic rings. The van der Waals surface area contributed by atoms with E-state index in [4.69, 9.17) is 0 Å². The minimum atomic E-state index is 0.576. The van der Waals surface area contributed by atoms with Crippen LogP contribution < -0.4 is 5.32 Å². The van der Waals surface area contributed by atoms with Gasteiger partial charge in [0, 0.05) is 25.0 Å². The van der Waals surface area contributed by atoms with Gasteiger partial charge in [-0.2, -0.15) is 0 Å². The van der Waals surface area contributed by atoms with Crippen molar-refractivity contribution >= 4 is 0 Å². The van der Waals surface area contributed by atoms with E-state index >= 15 is 0 Å². The van der Waals surface area contributed by atoms with Crippen molar-refractivity contribution < 1.29 is 0 Å². The third kappa shape index (κ3) is 2.37. The summed E-state index contributed by atoms with van der Waals surface area (Å²) in [6, 6.07) is 13.4. The average Bonchev–Trinajstić information content (AvgIpc) is 2.80. The summed E-state index contributed by atoms with van der Waals surface area (Å²) < 4.78 is 0. The van der Waals surface area contributed by atoms with Gasteiger partial charge in [0.15, 0.2) is 0 Å². The van der Waals surface area contributed by atoms with Gasteiger partial charge in [-0.15, -0.1) is 0 Å². The number of hydrogen-bond donors (Lipinski definition) is 1. The van der Waals surface area contributed by atoms with Crippen LogP contribution in [-0.2, 0) is 19.4 Å². The highest BCUT2D eigenvalue weighted by Crippen LogP contribution is 2.21. The molecule has 1 heterocycles. The summed E-state index contributed by atoms with van der Waals surface area (Å²) in [6.45, 7) is 0.909. The van der Waals surface area contributed by atoms with E-state index in [2.05, 4.69) is 40.6 Å². The van der Waals surface area contributed by atoms with Crippen LogP contribution in [0.3, 0.4) is 0 Å². The quantitative estimate of drug-likeness (QED) is 0.865. The molecule has 0 unspecified atom stereocenters. The molecule has 1 aromatic heterocycles. The maximum absolute atomic E-state index is 4.13. The highest BCUT2D eigenvalue weighted by Gasteiger charge is 2.19. The van der Waals surface area contributed by atoms with Crippen LogP contribution in [0.2, 0.25) is 0 Å². The van der Waals surface area contributed by atoms with Crippen LogP contribution in [0.15, 0.2) is 48.8 Å². The van der Waals surface area contributed by atoms with Crippen LogP contribution in [0.5, 0.6) is 0 Å². The second kappa shape index (κ2) is 4.68. The minimum absolute atomic E-state index is 0.576. The molecule has 0 saturated carbocycles. The normalized spacial score (nSPS) is 14.8. The van der Waals surface area contributed by atoms with Crippen molar-refractivity contribution in [3.05, 3.63) is 65.5 Å². The Balaban J connectivity index is 1.59. The van der Waals surface area contributed by atoms with Crippen molar-refractivity contribution in [3.8, 4) is 0 Å². The molecule has 2 nitrogen and oxygen atoms in total. The highest BCUT2D eigenvalue weighted by molar-refractivity contribution is 5.33. The summed E-state index contributed by atoms with van der Waals surface area (Å²) in [6.07, 6.45) is 6.04. The maximum atomic E-state index is 4.13. The minimum Gasteiger partial charge on any atom is -0.309 e. The van der Waals surface area contributed by atoms with Gasteiger partial charge >= 0.3 is 0 Å². The van der Waals surface area contributed by atoms with Crippen molar-refractivity contribution in [2.75, 3.05) is 0 Å². The molecule has 0 amide bonds. The molecule has 0 aliphatic heterocycles. The van der Waals surface area contributed by atoms with E-state index in [1.807, 2.05) is 18.5 Å². The van der Waals surface area contributed by atoms with E-state index in [9.17, 15) is 0 Å². The first-order chi connectivity index (χ1) is 8.42. The van der Waals surface area contributed by atoms with Gasteiger partial charge in [-0.05, 0) is 35.6 Å². The Bertz CT molecular complexity index is 468. The topological polar surface area (TPSA) is 24.9 Å². The molecule has 1 N–H and O–H groups in total. The Labute approximate surface area is 102 Å². The van der Waals surface area contributed by atoms with Crippen LogP contribution in [-0.4, -0.2) is 11.0 Å². The Kier molecular flexibility index (Phi) is 2.88. The van der Waals surface area contributed by atoms with E-state index in [-0.39, 0.29) is 0 Å². The lowest BCUT2D eigenvalue weighted by Gasteiger charge is -2.11. The van der Waals surface area contributed by atoms with E-state index in [1.165, 1.54) is 16.7 Å². The first kappa shape index (κ1) is 10.5. The molecular formula is C15H16N2. The van der Waals surface area contributed by atoms with Crippen LogP contribution in [0.4, 0.5) is 0 Å². The van der Waals surface area contributed by atoms with Crippen molar-refractivity contribution in [3.63, 3.8) is 0 Å². The van der Waals surface area contributed by atoms with Gasteiger partial charge in [-0.1, -0.05) is 30.3 Å². The number of nitrogens with zero attached hydrogens (tertiary/aromatic N) is 1. The second-order valence-corrected chi connectivity index (χ2v) is 4.62. The second-order valence-electron chi connectivity index (χ2n) is 4.62. The lowest BCUT2D eigenvalue weighted by molar-refractivity contribution is 0.532. The predicted molar refractivity (Wildman–Crippen MR) is 68.7 cm³/mol. The standard InChI is InChI=1S/C15H16N2/c1-2-6-14-9-15(8-13(14)5-1)17-11-12-4-3-7-16-10-12/h1-7,10,15,17H,8-9,11H2. The van der Waals surface area contributed by atoms with E-state index in [0.29, 0.717) is 6.04 Å². The molecule has 2 aromatic rings. The number of fused-ring (bicyclic) bond motifs is 1. The van der Waals surface area contributed by atoms with Gasteiger partial charge in [-0.25, -0.2) is 0 Å². The smallest absolute Gasteiger partial charge is 0.0312 e. The van der Waals surface area contributed by atoms with Crippen molar-refractivity contribution in [2.45, 2.75) is 25.4 Å². The summed E-state index contributed by atoms with van der Waals surface area (Å²) in [5.41, 5.74) is 4.25. The summed E-state index contributed by atoms with van der Waals surface area (Å²) in [7, 11) is 0. The van der Waals surface area contributed by atoms with E-state index in [1.54, 1.807) is 0 Å². The Morgan fingerprint density at radius 3 is 2.47 bits per heavy atom. The van der Waals surface area contributed by atoms with Crippen LogP contribution >= 0.6 is 0 Å². The lowest BCUT2D eigenvalue weighted by Crippen LogP contribution is -2.28. The molecule has 1 aliphatic carbocycles. The van der Waals surface area contributed by atoms with Gasteiger partial charge < -0.3 is 5.32 Å². The number of nitrogens with one attached hydrogen (secondary N) is 1. The van der Waals surface area contributed by atoms with Crippen molar-refractivity contribution in [1.29, 1.82) is 0 Å². The molecular weight excluding hydrogens is 208 g/mol. The van der Waals surface area contributed by atoms with Gasteiger partial charge in [0.25, 0.3) is 0 Å². The van der Waals surface area contributed by atoms with Gasteiger partial charge in [0.2, 0.25) is 0 Å². The summed E-state index contributed by atoms with van der Waals surface area (Å²) >= 11 is 0. The molecule has 3 rings (SSSR count). The lowest BCUT2D eigenvalue weighted by atomic mass is 10.1. The Morgan fingerprint density at radius 2 is 1.82 bits per heavy atom. The molecule has 0 bridgehead atoms. The number of pyridine rings is 1. The fourth-order valence-corrected chi connectivity index (χ4v) is 2.47.